The average Bonchev–Trinajstić information content (AvgIpc) is 2.63. The van der Waals surface area contributed by atoms with Gasteiger partial charge in [0, 0.05) is 16.1 Å². The van der Waals surface area contributed by atoms with Crippen LogP contribution in [-0.4, -0.2) is 10.2 Å². The third kappa shape index (κ3) is 1.55. The number of nitrogens with one attached hydrogen (secondary N) is 1. The number of aromatic nitrogens is 2. The van der Waals surface area contributed by atoms with E-state index in [0.717, 1.165) is 0 Å². The number of hydrogen-bond donors (Lipinski definition) is 2. The quantitative estimate of drug-likeness (QED) is 0.804. The van der Waals surface area contributed by atoms with Crippen molar-refractivity contribution in [2.24, 2.45) is 0 Å². The third-order valence-corrected chi connectivity index (χ3v) is 2.97. The molecule has 1 aromatic heterocycles. The van der Waals surface area contributed by atoms with Crippen molar-refractivity contribution in [3.05, 3.63) is 34.2 Å². The van der Waals surface area contributed by atoms with E-state index in [-0.39, 0.29) is 5.82 Å². The summed E-state index contributed by atoms with van der Waals surface area (Å²) in [5.74, 6) is 0.0265. The van der Waals surface area contributed by atoms with Crippen LogP contribution in [0.15, 0.2) is 12.3 Å². The number of halogens is 2. The van der Waals surface area contributed by atoms with Crippen LogP contribution in [0.4, 0.5) is 10.2 Å². The maximum Gasteiger partial charge on any atom is 0.134 e. The van der Waals surface area contributed by atoms with Crippen LogP contribution in [0.25, 0.3) is 11.1 Å². The number of rotatable bonds is 1. The van der Waals surface area contributed by atoms with Gasteiger partial charge in [-0.3, -0.25) is 5.10 Å². The highest BCUT2D eigenvalue weighted by Gasteiger charge is 2.17. The Bertz CT molecular complexity index is 522. The average molecular weight is 240 g/mol. The predicted octanol–water partition coefficient (Wildman–Crippen LogP) is 3.07. The fourth-order valence-corrected chi connectivity index (χ4v) is 1.92. The molecule has 0 amide bonds. The third-order valence-electron chi connectivity index (χ3n) is 2.58. The van der Waals surface area contributed by atoms with E-state index in [0.29, 0.717) is 33.1 Å². The minimum absolute atomic E-state index is 0.310. The fraction of sp³-hybridized carbons (Fsp3) is 0.182. The van der Waals surface area contributed by atoms with Gasteiger partial charge in [0.1, 0.15) is 11.6 Å². The summed E-state index contributed by atoms with van der Waals surface area (Å²) in [7, 11) is 0. The van der Waals surface area contributed by atoms with Gasteiger partial charge < -0.3 is 5.73 Å². The first-order valence-electron chi connectivity index (χ1n) is 4.76. The lowest BCUT2D eigenvalue weighted by atomic mass is 9.99. The summed E-state index contributed by atoms with van der Waals surface area (Å²) < 4.78 is 14.0. The van der Waals surface area contributed by atoms with Gasteiger partial charge in [-0.2, -0.15) is 5.10 Å². The van der Waals surface area contributed by atoms with Gasteiger partial charge in [0.05, 0.1) is 6.20 Å². The van der Waals surface area contributed by atoms with Gasteiger partial charge in [-0.05, 0) is 31.0 Å². The second-order valence-corrected chi connectivity index (χ2v) is 4.09. The molecule has 0 aliphatic heterocycles. The molecule has 1 heterocycles. The smallest absolute Gasteiger partial charge is 0.134 e. The van der Waals surface area contributed by atoms with Crippen LogP contribution < -0.4 is 5.73 Å². The minimum atomic E-state index is -0.310. The summed E-state index contributed by atoms with van der Waals surface area (Å²) in [4.78, 5) is 0. The highest BCUT2D eigenvalue weighted by Crippen LogP contribution is 2.35. The predicted molar refractivity (Wildman–Crippen MR) is 62.9 cm³/mol. The molecule has 0 bridgehead atoms. The zero-order valence-corrected chi connectivity index (χ0v) is 9.69. The monoisotopic (exact) mass is 239 g/mol. The van der Waals surface area contributed by atoms with E-state index >= 15 is 0 Å². The van der Waals surface area contributed by atoms with Crippen molar-refractivity contribution in [2.75, 3.05) is 5.73 Å². The number of nitrogens with two attached hydrogens (primary N) is 1. The Morgan fingerprint density at radius 3 is 2.69 bits per heavy atom. The second kappa shape index (κ2) is 3.79. The van der Waals surface area contributed by atoms with Crippen LogP contribution in [0.2, 0.25) is 5.02 Å². The molecule has 1 aromatic carbocycles. The Balaban J connectivity index is 2.79. The van der Waals surface area contributed by atoms with Gasteiger partial charge >= 0.3 is 0 Å². The molecule has 0 radical (unpaired) electrons. The Morgan fingerprint density at radius 1 is 1.44 bits per heavy atom. The van der Waals surface area contributed by atoms with E-state index < -0.39 is 0 Å². The fourth-order valence-electron chi connectivity index (χ4n) is 1.66. The normalized spacial score (nSPS) is 10.8. The van der Waals surface area contributed by atoms with Crippen LogP contribution in [0.3, 0.4) is 0 Å². The standard InChI is InChI=1S/C11H11ClFN3/c1-5-3-8(12)6(2)9(10(5)13)7-4-15-16-11(7)14/h3-4H,1-2H3,(H3,14,15,16). The highest BCUT2D eigenvalue weighted by atomic mass is 35.5. The summed E-state index contributed by atoms with van der Waals surface area (Å²) in [5, 5.41) is 6.88. The Kier molecular flexibility index (Phi) is 2.59. The number of anilines is 1. The zero-order valence-electron chi connectivity index (χ0n) is 8.94. The summed E-state index contributed by atoms with van der Waals surface area (Å²) in [6.45, 7) is 3.42. The largest absolute Gasteiger partial charge is 0.384 e. The van der Waals surface area contributed by atoms with Crippen molar-refractivity contribution in [3.63, 3.8) is 0 Å². The van der Waals surface area contributed by atoms with Crippen molar-refractivity contribution in [1.29, 1.82) is 0 Å². The highest BCUT2D eigenvalue weighted by molar-refractivity contribution is 6.31. The minimum Gasteiger partial charge on any atom is -0.384 e. The molecule has 2 aromatic rings. The van der Waals surface area contributed by atoms with Crippen LogP contribution in [0, 0.1) is 19.7 Å². The van der Waals surface area contributed by atoms with Gasteiger partial charge in [-0.1, -0.05) is 11.6 Å². The van der Waals surface area contributed by atoms with Crippen LogP contribution in [0.1, 0.15) is 11.1 Å². The lowest BCUT2D eigenvalue weighted by molar-refractivity contribution is 0.621. The molecule has 0 spiro atoms. The van der Waals surface area contributed by atoms with Crippen molar-refractivity contribution in [3.8, 4) is 11.1 Å². The number of aromatic amines is 1. The first-order chi connectivity index (χ1) is 7.52. The summed E-state index contributed by atoms with van der Waals surface area (Å²) >= 11 is 6.02. The molecule has 5 heteroatoms. The summed E-state index contributed by atoms with van der Waals surface area (Å²) in [5.41, 5.74) is 7.79. The molecule has 84 valence electrons. The van der Waals surface area contributed by atoms with E-state index in [1.807, 2.05) is 0 Å². The SMILES string of the molecule is Cc1cc(Cl)c(C)c(-c2cn[nH]c2N)c1F. The first kappa shape index (κ1) is 11.0. The number of nitrogens with zero attached hydrogens (tertiary/aromatic N) is 1. The van der Waals surface area contributed by atoms with Gasteiger partial charge in [-0.25, -0.2) is 4.39 Å². The molecule has 0 atom stereocenters. The topological polar surface area (TPSA) is 54.7 Å². The first-order valence-corrected chi connectivity index (χ1v) is 5.14. The Morgan fingerprint density at radius 2 is 2.12 bits per heavy atom. The molecule has 0 unspecified atom stereocenters. The van der Waals surface area contributed by atoms with E-state index in [1.165, 1.54) is 6.20 Å². The zero-order chi connectivity index (χ0) is 11.9. The van der Waals surface area contributed by atoms with Gasteiger partial charge in [0.15, 0.2) is 0 Å². The Hall–Kier alpha value is -1.55. The van der Waals surface area contributed by atoms with E-state index in [9.17, 15) is 4.39 Å². The van der Waals surface area contributed by atoms with Gasteiger partial charge in [0.25, 0.3) is 0 Å². The maximum atomic E-state index is 14.0. The molecule has 3 N–H and O–H groups in total. The Labute approximate surface area is 97.4 Å². The summed E-state index contributed by atoms with van der Waals surface area (Å²) in [6.07, 6.45) is 1.50. The molecule has 16 heavy (non-hydrogen) atoms. The lowest BCUT2D eigenvalue weighted by Gasteiger charge is -2.10. The second-order valence-electron chi connectivity index (χ2n) is 3.69. The van der Waals surface area contributed by atoms with Crippen LogP contribution >= 0.6 is 11.6 Å². The summed E-state index contributed by atoms with van der Waals surface area (Å²) in [6, 6.07) is 1.60. The van der Waals surface area contributed by atoms with Crippen molar-refractivity contribution < 1.29 is 4.39 Å². The molecule has 0 saturated heterocycles. The maximum absolute atomic E-state index is 14.0. The van der Waals surface area contributed by atoms with Crippen molar-refractivity contribution in [2.45, 2.75) is 13.8 Å². The molecule has 0 fully saturated rings. The lowest BCUT2D eigenvalue weighted by Crippen LogP contribution is -1.96. The van der Waals surface area contributed by atoms with E-state index in [4.69, 9.17) is 17.3 Å². The van der Waals surface area contributed by atoms with Crippen LogP contribution in [0.5, 0.6) is 0 Å². The number of aryl methyl sites for hydroxylation is 1. The van der Waals surface area contributed by atoms with Gasteiger partial charge in [-0.15, -0.1) is 0 Å². The molecule has 0 saturated carbocycles. The number of hydrogen-bond acceptors (Lipinski definition) is 2. The van der Waals surface area contributed by atoms with Crippen LogP contribution in [-0.2, 0) is 0 Å². The number of H-pyrrole nitrogens is 1. The molecule has 2 rings (SSSR count). The van der Waals surface area contributed by atoms with E-state index in [1.54, 1.807) is 19.9 Å². The number of benzene rings is 1. The molecule has 0 aliphatic carbocycles. The van der Waals surface area contributed by atoms with Crippen molar-refractivity contribution >= 4 is 17.4 Å². The molecular weight excluding hydrogens is 229 g/mol. The molecular formula is C11H11ClFN3. The molecule has 3 nitrogen and oxygen atoms in total. The molecule has 0 aliphatic rings. The number of nitrogen functional groups attached to an aromatic ring is 1. The van der Waals surface area contributed by atoms with Crippen molar-refractivity contribution in [1.82, 2.24) is 10.2 Å². The van der Waals surface area contributed by atoms with E-state index in [2.05, 4.69) is 10.2 Å². The van der Waals surface area contributed by atoms with Gasteiger partial charge in [0.2, 0.25) is 0 Å².